The van der Waals surface area contributed by atoms with Crippen LogP contribution in [-0.2, 0) is 0 Å². The molecule has 0 saturated carbocycles. The minimum absolute atomic E-state index is 0. The van der Waals surface area contributed by atoms with E-state index in [0.29, 0.717) is 12.1 Å². The van der Waals surface area contributed by atoms with Gasteiger partial charge in [-0.3, -0.25) is 0 Å². The van der Waals surface area contributed by atoms with Crippen molar-refractivity contribution < 1.29 is 39.6 Å². The van der Waals surface area contributed by atoms with Crippen LogP contribution in [0, 0.1) is 0 Å². The molecule has 0 aliphatic heterocycles. The molecule has 0 amide bonds. The summed E-state index contributed by atoms with van der Waals surface area (Å²) in [6.45, 7) is 0. The number of hydrogen-bond donors (Lipinski definition) is 5. The van der Waals surface area contributed by atoms with Crippen LogP contribution < -0.4 is 4.65 Å². The summed E-state index contributed by atoms with van der Waals surface area (Å²) < 4.78 is 4.30. The quantitative estimate of drug-likeness (QED) is 0.405. The number of aromatic hydroxyl groups is 1. The fourth-order valence-electron chi connectivity index (χ4n) is 1.12. The summed E-state index contributed by atoms with van der Waals surface area (Å²) in [5.41, 5.74) is -1.25. The van der Waals surface area contributed by atoms with Crippen LogP contribution in [0.1, 0.15) is 20.7 Å². The van der Waals surface area contributed by atoms with E-state index in [4.69, 9.17) is 20.3 Å². The van der Waals surface area contributed by atoms with E-state index in [1.807, 2.05) is 0 Å². The Morgan fingerprint density at radius 2 is 1.56 bits per heavy atom. The van der Waals surface area contributed by atoms with Gasteiger partial charge in [-0.25, -0.2) is 9.59 Å². The molecule has 0 atom stereocenters. The first-order chi connectivity index (χ1) is 7.82. The van der Waals surface area contributed by atoms with Crippen molar-refractivity contribution in [1.29, 1.82) is 0 Å². The second kappa shape index (κ2) is 6.32. The van der Waals surface area contributed by atoms with E-state index in [1.54, 1.807) is 0 Å². The maximum absolute atomic E-state index is 10.8. The number of phenols is 1. The molecule has 0 aliphatic rings. The number of rotatable bonds is 4. The van der Waals surface area contributed by atoms with E-state index in [9.17, 15) is 14.7 Å². The zero-order valence-corrected chi connectivity index (χ0v) is 8.19. The first-order valence-corrected chi connectivity index (χ1v) is 4.19. The minimum atomic E-state index is -2.29. The first-order valence-electron chi connectivity index (χ1n) is 4.19. The Hall–Kier alpha value is -1.66. The summed E-state index contributed by atoms with van der Waals surface area (Å²) in [6, 6.07) is 1.32. The average Bonchev–Trinajstić information content (AvgIpc) is 2.15. The third-order valence-electron chi connectivity index (χ3n) is 1.79. The Morgan fingerprint density at radius 3 is 1.94 bits per heavy atom. The second-order valence-corrected chi connectivity index (χ2v) is 2.92. The van der Waals surface area contributed by atoms with Crippen molar-refractivity contribution >= 4 is 38.1 Å². The first kappa shape index (κ1) is 16.3. The zero-order valence-electron chi connectivity index (χ0n) is 8.19. The molecule has 10 heteroatoms. The van der Waals surface area contributed by atoms with Gasteiger partial charge in [0.25, 0.3) is 0 Å². The van der Waals surface area contributed by atoms with Crippen molar-refractivity contribution in [2.24, 2.45) is 0 Å². The molecule has 1 aromatic carbocycles. The standard InChI is InChI=1S/C8H7BO8.Li.H/c10-5-2-6(17-9(15)16)4(8(13)14)1-3(5)7(11)12;;/h1-2,10,15-16H,(H,11,12)(H,13,14);;. The summed E-state index contributed by atoms with van der Waals surface area (Å²) >= 11 is 0. The van der Waals surface area contributed by atoms with Crippen LogP contribution in [0.2, 0.25) is 0 Å². The Bertz CT molecular complexity index is 474. The van der Waals surface area contributed by atoms with E-state index in [-0.39, 0.29) is 18.9 Å². The van der Waals surface area contributed by atoms with Crippen LogP contribution in [0.3, 0.4) is 0 Å². The normalized spacial score (nSPS) is 9.22. The molecule has 18 heavy (non-hydrogen) atoms. The monoisotopic (exact) mass is 250 g/mol. The molecule has 0 aliphatic carbocycles. The fraction of sp³-hybridized carbons (Fsp3) is 0. The molecule has 0 saturated heterocycles. The predicted octanol–water partition coefficient (Wildman–Crippen LogP) is -1.51. The molecule has 0 aromatic heterocycles. The Labute approximate surface area is 113 Å². The summed E-state index contributed by atoms with van der Waals surface area (Å²) in [4.78, 5) is 21.4. The SMILES string of the molecule is O=C(O)c1cc(C(=O)O)c(OB(O)O)cc1O.[LiH]. The van der Waals surface area contributed by atoms with Crippen molar-refractivity contribution in [2.75, 3.05) is 0 Å². The zero-order chi connectivity index (χ0) is 13.2. The van der Waals surface area contributed by atoms with Crippen molar-refractivity contribution in [3.8, 4) is 11.5 Å². The Kier molecular flexibility index (Phi) is 5.74. The fourth-order valence-corrected chi connectivity index (χ4v) is 1.12. The topological polar surface area (TPSA) is 145 Å². The molecule has 0 bridgehead atoms. The molecule has 8 nitrogen and oxygen atoms in total. The van der Waals surface area contributed by atoms with Gasteiger partial charge in [-0.05, 0) is 6.07 Å². The van der Waals surface area contributed by atoms with E-state index in [0.717, 1.165) is 0 Å². The van der Waals surface area contributed by atoms with Gasteiger partial charge < -0.3 is 30.0 Å². The van der Waals surface area contributed by atoms with Gasteiger partial charge in [-0.15, -0.1) is 0 Å². The van der Waals surface area contributed by atoms with Gasteiger partial charge in [-0.1, -0.05) is 0 Å². The number of carbonyl (C=O) groups is 2. The molecular weight excluding hydrogens is 242 g/mol. The molecule has 1 rings (SSSR count). The second-order valence-electron chi connectivity index (χ2n) is 2.92. The molecule has 0 fully saturated rings. The van der Waals surface area contributed by atoms with Gasteiger partial charge in [0.05, 0.1) is 0 Å². The number of aromatic carboxylic acids is 2. The Balaban J connectivity index is 0.00000289. The van der Waals surface area contributed by atoms with Gasteiger partial charge in [0.1, 0.15) is 22.6 Å². The van der Waals surface area contributed by atoms with Crippen LogP contribution in [-0.4, -0.2) is 63.5 Å². The van der Waals surface area contributed by atoms with Crippen LogP contribution in [0.15, 0.2) is 12.1 Å². The van der Waals surface area contributed by atoms with Gasteiger partial charge in [-0.2, -0.15) is 0 Å². The van der Waals surface area contributed by atoms with Crippen molar-refractivity contribution in [1.82, 2.24) is 0 Å². The number of carboxylic acid groups (broad SMARTS) is 2. The molecule has 0 radical (unpaired) electrons. The van der Waals surface area contributed by atoms with Crippen molar-refractivity contribution in [3.63, 3.8) is 0 Å². The van der Waals surface area contributed by atoms with Crippen LogP contribution in [0.5, 0.6) is 11.5 Å². The summed E-state index contributed by atoms with van der Waals surface area (Å²) in [6.07, 6.45) is 0. The molecule has 1 aromatic rings. The van der Waals surface area contributed by atoms with E-state index in [1.165, 1.54) is 0 Å². The molecule has 0 heterocycles. The van der Waals surface area contributed by atoms with Gasteiger partial charge in [0.2, 0.25) is 0 Å². The van der Waals surface area contributed by atoms with Crippen LogP contribution in [0.4, 0.5) is 0 Å². The summed E-state index contributed by atoms with van der Waals surface area (Å²) in [7, 11) is -2.29. The molecule has 0 spiro atoms. The van der Waals surface area contributed by atoms with Crippen LogP contribution in [0.25, 0.3) is 0 Å². The van der Waals surface area contributed by atoms with Gasteiger partial charge >= 0.3 is 38.1 Å². The number of hydrogen-bond acceptors (Lipinski definition) is 6. The van der Waals surface area contributed by atoms with E-state index >= 15 is 0 Å². The Morgan fingerprint density at radius 1 is 1.06 bits per heavy atom. The number of benzene rings is 1. The van der Waals surface area contributed by atoms with E-state index in [2.05, 4.69) is 4.65 Å². The molecule has 0 unspecified atom stereocenters. The number of carboxylic acids is 2. The maximum atomic E-state index is 10.8. The van der Waals surface area contributed by atoms with Crippen molar-refractivity contribution in [2.45, 2.75) is 0 Å². The third kappa shape index (κ3) is 3.68. The van der Waals surface area contributed by atoms with E-state index < -0.39 is 41.9 Å². The summed E-state index contributed by atoms with van der Waals surface area (Å²) in [5, 5.41) is 43.7. The predicted molar refractivity (Wildman–Crippen MR) is 60.0 cm³/mol. The van der Waals surface area contributed by atoms with Gasteiger partial charge in [0.15, 0.2) is 0 Å². The average molecular weight is 250 g/mol. The summed E-state index contributed by atoms with van der Waals surface area (Å²) in [5.74, 6) is -4.38. The molecular formula is C8H8BLiO8. The van der Waals surface area contributed by atoms with Crippen molar-refractivity contribution in [3.05, 3.63) is 23.3 Å². The van der Waals surface area contributed by atoms with Crippen LogP contribution >= 0.6 is 0 Å². The third-order valence-corrected chi connectivity index (χ3v) is 1.79. The molecule has 5 N–H and O–H groups in total. The molecule has 92 valence electrons. The van der Waals surface area contributed by atoms with Gasteiger partial charge in [0, 0.05) is 6.07 Å².